The maximum absolute atomic E-state index is 9.14. The molecule has 1 spiro atoms. The Morgan fingerprint density at radius 3 is 2.31 bits per heavy atom. The number of hydrogen-bond acceptors (Lipinski definition) is 2. The Morgan fingerprint density at radius 2 is 1.92 bits per heavy atom. The highest BCUT2D eigenvalue weighted by Crippen LogP contribution is 2.48. The smallest absolute Gasteiger partial charge is 0.0494 e. The number of nitrogens with zero attached hydrogens (tertiary/aromatic N) is 1. The summed E-state index contributed by atoms with van der Waals surface area (Å²) < 4.78 is 0. The highest BCUT2D eigenvalue weighted by Gasteiger charge is 2.47. The number of rotatable bonds is 3. The molecule has 2 fully saturated rings. The van der Waals surface area contributed by atoms with Crippen molar-refractivity contribution in [3.05, 3.63) is 0 Å². The van der Waals surface area contributed by atoms with Gasteiger partial charge in [-0.1, -0.05) is 20.3 Å². The Kier molecular flexibility index (Phi) is 2.16. The lowest BCUT2D eigenvalue weighted by molar-refractivity contribution is -0.0796. The summed E-state index contributed by atoms with van der Waals surface area (Å²) in [6, 6.07) is 0. The van der Waals surface area contributed by atoms with Crippen LogP contribution >= 0.6 is 0 Å². The van der Waals surface area contributed by atoms with E-state index in [4.69, 9.17) is 5.11 Å². The summed E-state index contributed by atoms with van der Waals surface area (Å²) in [6.45, 7) is 8.21. The molecule has 2 rings (SSSR count). The summed E-state index contributed by atoms with van der Waals surface area (Å²) in [7, 11) is 0. The van der Waals surface area contributed by atoms with Gasteiger partial charge in [0.15, 0.2) is 0 Å². The van der Waals surface area contributed by atoms with E-state index >= 15 is 0 Å². The molecule has 0 radical (unpaired) electrons. The molecule has 13 heavy (non-hydrogen) atoms. The molecule has 0 unspecified atom stereocenters. The normalized spacial score (nSPS) is 27.0. The van der Waals surface area contributed by atoms with Crippen LogP contribution in [0.2, 0.25) is 0 Å². The van der Waals surface area contributed by atoms with Crippen LogP contribution < -0.4 is 0 Å². The zero-order valence-corrected chi connectivity index (χ0v) is 8.84. The van der Waals surface area contributed by atoms with Crippen LogP contribution in [0.5, 0.6) is 0 Å². The van der Waals surface area contributed by atoms with E-state index in [0.29, 0.717) is 6.61 Å². The van der Waals surface area contributed by atoms with E-state index in [2.05, 4.69) is 18.7 Å². The standard InChI is InChI=1S/C11H21NO/c1-10(2,9-13)6-12-7-11(8-12)4-3-5-11/h13H,3-9H2,1-2H3. The van der Waals surface area contributed by atoms with Gasteiger partial charge in [0.1, 0.15) is 0 Å². The first-order valence-corrected chi connectivity index (χ1v) is 5.39. The van der Waals surface area contributed by atoms with Crippen LogP contribution in [0.4, 0.5) is 0 Å². The van der Waals surface area contributed by atoms with E-state index in [1.165, 1.54) is 32.4 Å². The van der Waals surface area contributed by atoms with Gasteiger partial charge >= 0.3 is 0 Å². The van der Waals surface area contributed by atoms with Gasteiger partial charge in [0.2, 0.25) is 0 Å². The first-order valence-electron chi connectivity index (χ1n) is 5.39. The molecule has 0 bridgehead atoms. The van der Waals surface area contributed by atoms with Crippen molar-refractivity contribution in [2.45, 2.75) is 33.1 Å². The van der Waals surface area contributed by atoms with Crippen molar-refractivity contribution in [2.24, 2.45) is 10.8 Å². The molecule has 1 N–H and O–H groups in total. The molecule has 2 aliphatic rings. The maximum Gasteiger partial charge on any atom is 0.0494 e. The predicted octanol–water partition coefficient (Wildman–Crippen LogP) is 1.49. The van der Waals surface area contributed by atoms with Gasteiger partial charge in [-0.25, -0.2) is 0 Å². The summed E-state index contributed by atoms with van der Waals surface area (Å²) >= 11 is 0. The summed E-state index contributed by atoms with van der Waals surface area (Å²) in [4.78, 5) is 2.50. The van der Waals surface area contributed by atoms with Crippen LogP contribution in [0, 0.1) is 10.8 Å². The highest BCUT2D eigenvalue weighted by atomic mass is 16.3. The summed E-state index contributed by atoms with van der Waals surface area (Å²) in [5.74, 6) is 0. The molecule has 1 saturated heterocycles. The largest absolute Gasteiger partial charge is 0.396 e. The molecular weight excluding hydrogens is 162 g/mol. The minimum absolute atomic E-state index is 0.0886. The van der Waals surface area contributed by atoms with Gasteiger partial charge in [-0.15, -0.1) is 0 Å². The number of aliphatic hydroxyl groups excluding tert-OH is 1. The second-order valence-corrected chi connectivity index (χ2v) is 5.82. The minimum Gasteiger partial charge on any atom is -0.396 e. The predicted molar refractivity (Wildman–Crippen MR) is 53.6 cm³/mol. The molecule has 76 valence electrons. The molecule has 0 aromatic heterocycles. The van der Waals surface area contributed by atoms with Gasteiger partial charge in [-0.2, -0.15) is 0 Å². The highest BCUT2D eigenvalue weighted by molar-refractivity contribution is 5.01. The molecule has 1 aliphatic heterocycles. The third-order valence-corrected chi connectivity index (χ3v) is 3.61. The van der Waals surface area contributed by atoms with Crippen molar-refractivity contribution in [3.63, 3.8) is 0 Å². The molecular formula is C11H21NO. The fourth-order valence-corrected chi connectivity index (χ4v) is 2.66. The van der Waals surface area contributed by atoms with E-state index in [0.717, 1.165) is 12.0 Å². The van der Waals surface area contributed by atoms with Gasteiger partial charge in [0.05, 0.1) is 0 Å². The maximum atomic E-state index is 9.14. The third kappa shape index (κ3) is 1.75. The summed E-state index contributed by atoms with van der Waals surface area (Å²) in [6.07, 6.45) is 4.34. The number of likely N-dealkylation sites (tertiary alicyclic amines) is 1. The zero-order valence-electron chi connectivity index (χ0n) is 8.84. The first-order chi connectivity index (χ1) is 6.05. The van der Waals surface area contributed by atoms with E-state index in [1.54, 1.807) is 0 Å². The van der Waals surface area contributed by atoms with Crippen molar-refractivity contribution in [2.75, 3.05) is 26.2 Å². The van der Waals surface area contributed by atoms with Crippen LogP contribution in [0.25, 0.3) is 0 Å². The molecule has 0 atom stereocenters. The Hall–Kier alpha value is -0.0800. The van der Waals surface area contributed by atoms with Gasteiger partial charge < -0.3 is 10.0 Å². The SMILES string of the molecule is CC(C)(CO)CN1CC2(CCC2)C1. The number of aliphatic hydroxyl groups is 1. The molecule has 0 aromatic rings. The van der Waals surface area contributed by atoms with Crippen molar-refractivity contribution in [1.29, 1.82) is 0 Å². The van der Waals surface area contributed by atoms with E-state index in [1.807, 2.05) is 0 Å². The second-order valence-electron chi connectivity index (χ2n) is 5.82. The second kappa shape index (κ2) is 2.96. The molecule has 2 nitrogen and oxygen atoms in total. The Balaban J connectivity index is 1.74. The Bertz CT molecular complexity index is 188. The van der Waals surface area contributed by atoms with Gasteiger partial charge in [-0.3, -0.25) is 0 Å². The lowest BCUT2D eigenvalue weighted by Gasteiger charge is -2.57. The fourth-order valence-electron chi connectivity index (χ4n) is 2.66. The summed E-state index contributed by atoms with van der Waals surface area (Å²) in [5.41, 5.74) is 0.816. The monoisotopic (exact) mass is 183 g/mol. The average Bonchev–Trinajstić information content (AvgIpc) is 1.92. The topological polar surface area (TPSA) is 23.5 Å². The minimum atomic E-state index is 0.0886. The van der Waals surface area contributed by atoms with Crippen LogP contribution in [0.15, 0.2) is 0 Å². The molecule has 2 heteroatoms. The van der Waals surface area contributed by atoms with Gasteiger partial charge in [-0.05, 0) is 18.3 Å². The zero-order chi connectivity index (χ0) is 9.53. The van der Waals surface area contributed by atoms with E-state index < -0.39 is 0 Å². The molecule has 0 aromatic carbocycles. The lowest BCUT2D eigenvalue weighted by atomic mass is 9.63. The Morgan fingerprint density at radius 1 is 1.31 bits per heavy atom. The molecule has 1 saturated carbocycles. The van der Waals surface area contributed by atoms with Crippen LogP contribution in [-0.4, -0.2) is 36.2 Å². The lowest BCUT2D eigenvalue weighted by Crippen LogP contribution is -2.61. The van der Waals surface area contributed by atoms with Gasteiger partial charge in [0.25, 0.3) is 0 Å². The quantitative estimate of drug-likeness (QED) is 0.716. The van der Waals surface area contributed by atoms with E-state index in [9.17, 15) is 0 Å². The Labute approximate surface area is 80.9 Å². The molecule has 1 heterocycles. The van der Waals surface area contributed by atoms with Gasteiger partial charge in [0, 0.05) is 31.7 Å². The third-order valence-electron chi connectivity index (χ3n) is 3.61. The average molecular weight is 183 g/mol. The van der Waals surface area contributed by atoms with Crippen molar-refractivity contribution >= 4 is 0 Å². The molecule has 1 aliphatic carbocycles. The van der Waals surface area contributed by atoms with Crippen LogP contribution in [0.1, 0.15) is 33.1 Å². The van der Waals surface area contributed by atoms with Crippen LogP contribution in [0.3, 0.4) is 0 Å². The van der Waals surface area contributed by atoms with Crippen molar-refractivity contribution < 1.29 is 5.11 Å². The summed E-state index contributed by atoms with van der Waals surface area (Å²) in [5, 5.41) is 9.14. The van der Waals surface area contributed by atoms with Crippen LogP contribution in [-0.2, 0) is 0 Å². The van der Waals surface area contributed by atoms with Crippen molar-refractivity contribution in [1.82, 2.24) is 4.90 Å². The number of hydrogen-bond donors (Lipinski definition) is 1. The van der Waals surface area contributed by atoms with E-state index in [-0.39, 0.29) is 5.41 Å². The fraction of sp³-hybridized carbons (Fsp3) is 1.00. The first kappa shape index (κ1) is 9.47. The molecule has 0 amide bonds. The van der Waals surface area contributed by atoms with Crippen molar-refractivity contribution in [3.8, 4) is 0 Å².